The van der Waals surface area contributed by atoms with Crippen LogP contribution in [0.4, 0.5) is 5.69 Å². The van der Waals surface area contributed by atoms with E-state index in [0.29, 0.717) is 12.1 Å². The summed E-state index contributed by atoms with van der Waals surface area (Å²) in [6.45, 7) is 0. The average Bonchev–Trinajstić information content (AvgIpc) is 2.31. The van der Waals surface area contributed by atoms with Crippen molar-refractivity contribution >= 4 is 15.7 Å². The van der Waals surface area contributed by atoms with Crippen LogP contribution in [0.1, 0.15) is 19.3 Å². The lowest BCUT2D eigenvalue weighted by Crippen LogP contribution is -2.27. The SMILES string of the molecule is O=S(=O)(Nc1ccccc1)C1C=CCCC1. The Bertz CT molecular complexity index is 465. The van der Waals surface area contributed by atoms with Gasteiger partial charge in [0.25, 0.3) is 0 Å². The Hall–Kier alpha value is -1.29. The first-order valence-corrected chi connectivity index (χ1v) is 6.96. The molecule has 0 spiro atoms. The zero-order chi connectivity index (χ0) is 11.4. The molecule has 4 heteroatoms. The van der Waals surface area contributed by atoms with Gasteiger partial charge in [0.1, 0.15) is 0 Å². The van der Waals surface area contributed by atoms with Crippen LogP contribution in [0.2, 0.25) is 0 Å². The van der Waals surface area contributed by atoms with Gasteiger partial charge in [0.05, 0.1) is 5.25 Å². The summed E-state index contributed by atoms with van der Waals surface area (Å²) < 4.78 is 26.6. The number of anilines is 1. The smallest absolute Gasteiger partial charge is 0.239 e. The van der Waals surface area contributed by atoms with Crippen molar-refractivity contribution in [1.82, 2.24) is 0 Å². The summed E-state index contributed by atoms with van der Waals surface area (Å²) in [5.41, 5.74) is 0.626. The molecule has 3 nitrogen and oxygen atoms in total. The Kier molecular flexibility index (Phi) is 3.29. The fourth-order valence-electron chi connectivity index (χ4n) is 1.79. The third-order valence-electron chi connectivity index (χ3n) is 2.64. The summed E-state index contributed by atoms with van der Waals surface area (Å²) in [6.07, 6.45) is 6.36. The number of benzene rings is 1. The Morgan fingerprint density at radius 2 is 1.94 bits per heavy atom. The van der Waals surface area contributed by atoms with Crippen LogP contribution >= 0.6 is 0 Å². The van der Waals surface area contributed by atoms with Crippen LogP contribution in [-0.4, -0.2) is 13.7 Å². The molecule has 0 amide bonds. The topological polar surface area (TPSA) is 46.2 Å². The molecule has 1 aliphatic rings. The highest BCUT2D eigenvalue weighted by atomic mass is 32.2. The lowest BCUT2D eigenvalue weighted by Gasteiger charge is -2.18. The van der Waals surface area contributed by atoms with Crippen molar-refractivity contribution < 1.29 is 8.42 Å². The number of allylic oxidation sites excluding steroid dienone is 1. The molecule has 1 aromatic rings. The highest BCUT2D eigenvalue weighted by molar-refractivity contribution is 7.93. The summed E-state index contributed by atoms with van der Waals surface area (Å²) in [5, 5.41) is -0.388. The second kappa shape index (κ2) is 4.70. The van der Waals surface area contributed by atoms with E-state index in [-0.39, 0.29) is 5.25 Å². The number of sulfonamides is 1. The highest BCUT2D eigenvalue weighted by Gasteiger charge is 2.23. The first kappa shape index (κ1) is 11.2. The molecule has 0 saturated heterocycles. The molecule has 0 aliphatic heterocycles. The second-order valence-corrected chi connectivity index (χ2v) is 5.81. The van der Waals surface area contributed by atoms with Gasteiger partial charge >= 0.3 is 0 Å². The van der Waals surface area contributed by atoms with Crippen molar-refractivity contribution in [2.24, 2.45) is 0 Å². The van der Waals surface area contributed by atoms with Gasteiger partial charge in [0.15, 0.2) is 0 Å². The van der Waals surface area contributed by atoms with Gasteiger partial charge in [-0.3, -0.25) is 4.72 Å². The van der Waals surface area contributed by atoms with Crippen LogP contribution in [0.5, 0.6) is 0 Å². The summed E-state index contributed by atoms with van der Waals surface area (Å²) in [6, 6.07) is 9.00. The predicted octanol–water partition coefficient (Wildman–Crippen LogP) is 2.54. The molecule has 1 N–H and O–H groups in total. The van der Waals surface area contributed by atoms with Gasteiger partial charge in [-0.2, -0.15) is 0 Å². The maximum absolute atomic E-state index is 12.0. The third kappa shape index (κ3) is 2.64. The molecule has 16 heavy (non-hydrogen) atoms. The molecule has 1 atom stereocenters. The van der Waals surface area contributed by atoms with Gasteiger partial charge in [0, 0.05) is 5.69 Å². The number of hydrogen-bond acceptors (Lipinski definition) is 2. The standard InChI is InChI=1S/C12H15NO2S/c14-16(15,12-9-5-2-6-10-12)13-11-7-3-1-4-8-11/h1,3-5,7-9,12-13H,2,6,10H2. The summed E-state index contributed by atoms with van der Waals surface area (Å²) >= 11 is 0. The van der Waals surface area contributed by atoms with Crippen LogP contribution in [0.15, 0.2) is 42.5 Å². The van der Waals surface area contributed by atoms with E-state index in [1.165, 1.54) is 0 Å². The molecule has 0 heterocycles. The molecule has 0 aromatic heterocycles. The van der Waals surface area contributed by atoms with E-state index < -0.39 is 10.0 Å². The van der Waals surface area contributed by atoms with Gasteiger partial charge in [0.2, 0.25) is 10.0 Å². The van der Waals surface area contributed by atoms with Gasteiger partial charge in [-0.1, -0.05) is 30.4 Å². The number of nitrogens with one attached hydrogen (secondary N) is 1. The van der Waals surface area contributed by atoms with Crippen LogP contribution in [0.3, 0.4) is 0 Å². The molecular formula is C12H15NO2S. The van der Waals surface area contributed by atoms with Crippen molar-refractivity contribution in [1.29, 1.82) is 0 Å². The maximum Gasteiger partial charge on any atom is 0.239 e. The lowest BCUT2D eigenvalue weighted by molar-refractivity contribution is 0.582. The first-order valence-electron chi connectivity index (χ1n) is 5.42. The third-order valence-corrected chi connectivity index (χ3v) is 4.35. The molecule has 1 aliphatic carbocycles. The molecule has 0 fully saturated rings. The van der Waals surface area contributed by atoms with Crippen molar-refractivity contribution in [3.05, 3.63) is 42.5 Å². The fraction of sp³-hybridized carbons (Fsp3) is 0.333. The monoisotopic (exact) mass is 237 g/mol. The van der Waals surface area contributed by atoms with E-state index in [2.05, 4.69) is 4.72 Å². The van der Waals surface area contributed by atoms with Gasteiger partial charge in [-0.15, -0.1) is 0 Å². The van der Waals surface area contributed by atoms with Crippen LogP contribution in [0, 0.1) is 0 Å². The van der Waals surface area contributed by atoms with Crippen molar-refractivity contribution in [2.75, 3.05) is 4.72 Å². The fourth-order valence-corrected chi connectivity index (χ4v) is 3.20. The minimum atomic E-state index is -3.27. The zero-order valence-corrected chi connectivity index (χ0v) is 9.78. The molecule has 1 unspecified atom stereocenters. The predicted molar refractivity (Wildman–Crippen MR) is 65.8 cm³/mol. The molecule has 1 aromatic carbocycles. The van der Waals surface area contributed by atoms with Gasteiger partial charge < -0.3 is 0 Å². The lowest BCUT2D eigenvalue weighted by atomic mass is 10.1. The Morgan fingerprint density at radius 1 is 1.19 bits per heavy atom. The largest absolute Gasteiger partial charge is 0.283 e. The number of hydrogen-bond donors (Lipinski definition) is 1. The first-order chi connectivity index (χ1) is 7.68. The average molecular weight is 237 g/mol. The van der Waals surface area contributed by atoms with E-state index in [1.54, 1.807) is 18.2 Å². The van der Waals surface area contributed by atoms with Crippen LogP contribution < -0.4 is 4.72 Å². The molecule has 0 radical (unpaired) electrons. The van der Waals surface area contributed by atoms with Crippen molar-refractivity contribution in [3.63, 3.8) is 0 Å². The molecule has 0 bridgehead atoms. The van der Waals surface area contributed by atoms with Crippen LogP contribution in [-0.2, 0) is 10.0 Å². The number of rotatable bonds is 3. The summed E-state index contributed by atoms with van der Waals surface area (Å²) in [5.74, 6) is 0. The van der Waals surface area contributed by atoms with Crippen molar-refractivity contribution in [3.8, 4) is 0 Å². The van der Waals surface area contributed by atoms with E-state index in [9.17, 15) is 8.42 Å². The maximum atomic E-state index is 12.0. The second-order valence-electron chi connectivity index (χ2n) is 3.91. The summed E-state index contributed by atoms with van der Waals surface area (Å²) in [7, 11) is -3.27. The number of para-hydroxylation sites is 1. The summed E-state index contributed by atoms with van der Waals surface area (Å²) in [4.78, 5) is 0. The van der Waals surface area contributed by atoms with Crippen LogP contribution in [0.25, 0.3) is 0 Å². The Balaban J connectivity index is 2.14. The Labute approximate surface area is 96.2 Å². The molecule has 0 saturated carbocycles. The van der Waals surface area contributed by atoms with E-state index in [4.69, 9.17) is 0 Å². The quantitative estimate of drug-likeness (QED) is 0.821. The van der Waals surface area contributed by atoms with E-state index in [0.717, 1.165) is 12.8 Å². The van der Waals surface area contributed by atoms with E-state index >= 15 is 0 Å². The minimum Gasteiger partial charge on any atom is -0.283 e. The normalized spacial score (nSPS) is 20.6. The Morgan fingerprint density at radius 3 is 2.56 bits per heavy atom. The van der Waals surface area contributed by atoms with Gasteiger partial charge in [-0.05, 0) is 31.4 Å². The highest BCUT2D eigenvalue weighted by Crippen LogP contribution is 2.20. The minimum absolute atomic E-state index is 0.388. The molecular weight excluding hydrogens is 222 g/mol. The van der Waals surface area contributed by atoms with Gasteiger partial charge in [-0.25, -0.2) is 8.42 Å². The van der Waals surface area contributed by atoms with E-state index in [1.807, 2.05) is 24.3 Å². The molecule has 2 rings (SSSR count). The molecule has 86 valence electrons. The van der Waals surface area contributed by atoms with Crippen molar-refractivity contribution in [2.45, 2.75) is 24.5 Å². The zero-order valence-electron chi connectivity index (χ0n) is 8.96.